The largest absolute Gasteiger partial charge is 0.510 e. The van der Waals surface area contributed by atoms with E-state index in [1.54, 1.807) is 20.2 Å². The summed E-state index contributed by atoms with van der Waals surface area (Å²) in [4.78, 5) is 40.7. The predicted molar refractivity (Wildman–Crippen MR) is 138 cm³/mol. The number of phenolic OH excluding ortho intramolecular Hbond substituents is 1. The summed E-state index contributed by atoms with van der Waals surface area (Å²) in [5.41, 5.74) is 4.47. The lowest BCUT2D eigenvalue weighted by atomic mass is 9.58. The van der Waals surface area contributed by atoms with Crippen LogP contribution in [0.4, 0.5) is 0 Å². The number of aryl methyl sites for hydroxylation is 2. The van der Waals surface area contributed by atoms with E-state index < -0.39 is 58.0 Å². The molecule has 0 saturated carbocycles. The van der Waals surface area contributed by atoms with Crippen molar-refractivity contribution in [3.63, 3.8) is 0 Å². The Morgan fingerprint density at radius 1 is 1.05 bits per heavy atom. The molecule has 0 saturated heterocycles. The minimum atomic E-state index is -2.63. The van der Waals surface area contributed by atoms with Crippen molar-refractivity contribution in [2.75, 3.05) is 14.1 Å². The summed E-state index contributed by atoms with van der Waals surface area (Å²) < 4.78 is 0. The highest BCUT2D eigenvalue weighted by Crippen LogP contribution is 2.52. The maximum Gasteiger partial charge on any atom is 0.255 e. The van der Waals surface area contributed by atoms with Crippen molar-refractivity contribution in [3.05, 3.63) is 87.4 Å². The number of primary amides is 1. The van der Waals surface area contributed by atoms with E-state index in [2.05, 4.69) is 0 Å². The molecular formula is C29H30N2O7. The Morgan fingerprint density at radius 3 is 2.37 bits per heavy atom. The minimum absolute atomic E-state index is 0.0383. The first-order valence-corrected chi connectivity index (χ1v) is 12.5. The van der Waals surface area contributed by atoms with Crippen molar-refractivity contribution < 1.29 is 34.8 Å². The number of aliphatic hydroxyl groups excluding tert-OH is 2. The standard InChI is InChI=1S/C29H30N2O7/c1-31(2)23-18-13-16-12-17-15(9-8-14-6-4-3-5-7-14)10-11-19(32)21(17)24(33)20(16)26(35)29(18,38)27(36)22(25(23)34)28(30)37/h3-7,10-11,16,18,23,32,34-35,38H,8-9,12-13H2,1-2H3,(H2,30,37)/t16-,18+,23-,29+/m1/s1. The molecule has 0 bridgehead atoms. The van der Waals surface area contributed by atoms with E-state index in [9.17, 15) is 34.8 Å². The fourth-order valence-electron chi connectivity index (χ4n) is 6.47. The number of Topliss-reactive ketones (excluding diaryl/α,β-unsaturated/α-hetero) is 2. The third-order valence-corrected chi connectivity index (χ3v) is 8.23. The summed E-state index contributed by atoms with van der Waals surface area (Å²) >= 11 is 0. The van der Waals surface area contributed by atoms with Crippen LogP contribution in [0.3, 0.4) is 0 Å². The molecule has 9 heteroatoms. The quantitative estimate of drug-likeness (QED) is 0.375. The number of likely N-dealkylation sites (N-methyl/N-ethyl adjacent to an activating group) is 1. The van der Waals surface area contributed by atoms with Crippen molar-refractivity contribution in [1.82, 2.24) is 4.90 Å². The lowest BCUT2D eigenvalue weighted by Crippen LogP contribution is -2.63. The van der Waals surface area contributed by atoms with Gasteiger partial charge in [-0.3, -0.25) is 19.3 Å². The van der Waals surface area contributed by atoms with E-state index in [0.29, 0.717) is 12.0 Å². The first-order valence-electron chi connectivity index (χ1n) is 12.5. The van der Waals surface area contributed by atoms with Crippen LogP contribution in [0, 0.1) is 11.8 Å². The molecule has 2 aromatic rings. The van der Waals surface area contributed by atoms with Gasteiger partial charge in [0.15, 0.2) is 11.4 Å². The second kappa shape index (κ2) is 9.11. The van der Waals surface area contributed by atoms with E-state index in [0.717, 1.165) is 17.5 Å². The van der Waals surface area contributed by atoms with Crippen molar-refractivity contribution in [3.8, 4) is 5.75 Å². The van der Waals surface area contributed by atoms with Crippen molar-refractivity contribution >= 4 is 17.5 Å². The number of hydrogen-bond acceptors (Lipinski definition) is 8. The van der Waals surface area contributed by atoms with Gasteiger partial charge in [0.05, 0.1) is 11.6 Å². The lowest BCUT2D eigenvalue weighted by Gasteiger charge is -2.50. The number of carbonyl (C=O) groups excluding carboxylic acids is 3. The number of phenols is 1. The summed E-state index contributed by atoms with van der Waals surface area (Å²) in [7, 11) is 3.21. The maximum atomic E-state index is 13.8. The molecular weight excluding hydrogens is 488 g/mol. The molecule has 9 nitrogen and oxygen atoms in total. The fraction of sp³-hybridized carbons (Fsp3) is 0.345. The number of nitrogens with zero attached hydrogens (tertiary/aromatic N) is 1. The molecule has 2 aromatic carbocycles. The van der Waals surface area contributed by atoms with Crippen molar-refractivity contribution in [2.24, 2.45) is 17.6 Å². The van der Waals surface area contributed by atoms with Crippen LogP contribution in [0.1, 0.15) is 33.5 Å². The number of aliphatic hydroxyl groups is 3. The maximum absolute atomic E-state index is 13.8. The van der Waals surface area contributed by atoms with Crippen molar-refractivity contribution in [1.29, 1.82) is 0 Å². The normalized spacial score (nSPS) is 26.8. The Kier molecular flexibility index (Phi) is 6.16. The molecule has 198 valence electrons. The zero-order chi connectivity index (χ0) is 27.5. The number of nitrogens with two attached hydrogens (primary N) is 1. The molecule has 0 unspecified atom stereocenters. The van der Waals surface area contributed by atoms with Gasteiger partial charge < -0.3 is 26.2 Å². The first kappa shape index (κ1) is 25.7. The van der Waals surface area contributed by atoms with Crippen molar-refractivity contribution in [2.45, 2.75) is 37.3 Å². The van der Waals surface area contributed by atoms with Gasteiger partial charge >= 0.3 is 0 Å². The van der Waals surface area contributed by atoms with Crippen LogP contribution in [0.5, 0.6) is 5.75 Å². The molecule has 0 aromatic heterocycles. The molecule has 3 aliphatic carbocycles. The summed E-state index contributed by atoms with van der Waals surface area (Å²) in [5, 5.41) is 44.5. The van der Waals surface area contributed by atoms with E-state index in [-0.39, 0.29) is 29.7 Å². The number of allylic oxidation sites excluding steroid dienone is 1. The van der Waals surface area contributed by atoms with Gasteiger partial charge in [-0.05, 0) is 68.5 Å². The second-order valence-corrected chi connectivity index (χ2v) is 10.5. The number of hydrogen-bond donors (Lipinski definition) is 5. The third-order valence-electron chi connectivity index (χ3n) is 8.23. The molecule has 0 heterocycles. The van der Waals surface area contributed by atoms with Crippen LogP contribution in [-0.2, 0) is 28.9 Å². The molecule has 38 heavy (non-hydrogen) atoms. The number of amides is 1. The Hall–Kier alpha value is -3.95. The fourth-order valence-corrected chi connectivity index (χ4v) is 6.47. The van der Waals surface area contributed by atoms with Crippen LogP contribution in [0.15, 0.2) is 65.1 Å². The number of ketones is 2. The SMILES string of the molecule is CN(C)[C@H]1C(O)=C(C(N)=O)C(=O)[C@@]2(O)C(O)=C3C(=O)c4c(O)ccc(CCc5ccccc5)c4C[C@@H]3C[C@@H]12. The predicted octanol–water partition coefficient (Wildman–Crippen LogP) is 1.91. The summed E-state index contributed by atoms with van der Waals surface area (Å²) in [5.74, 6) is -6.47. The van der Waals surface area contributed by atoms with Gasteiger partial charge in [-0.25, -0.2) is 0 Å². The molecule has 4 atom stereocenters. The number of fused-ring (bicyclic) bond motifs is 3. The van der Waals surface area contributed by atoms with Crippen LogP contribution in [0.2, 0.25) is 0 Å². The summed E-state index contributed by atoms with van der Waals surface area (Å²) in [6, 6.07) is 12.1. The number of aromatic hydroxyl groups is 1. The van der Waals surface area contributed by atoms with Gasteiger partial charge in [0.1, 0.15) is 22.8 Å². The Bertz CT molecular complexity index is 1430. The second-order valence-electron chi connectivity index (χ2n) is 10.5. The highest BCUT2D eigenvalue weighted by atomic mass is 16.3. The highest BCUT2D eigenvalue weighted by molar-refractivity contribution is 6.24. The van der Waals surface area contributed by atoms with Gasteiger partial charge in [-0.15, -0.1) is 0 Å². The molecule has 1 amide bonds. The summed E-state index contributed by atoms with van der Waals surface area (Å²) in [6.45, 7) is 0. The molecule has 0 spiro atoms. The number of carbonyl (C=O) groups is 3. The van der Waals surface area contributed by atoms with E-state index >= 15 is 0 Å². The first-order chi connectivity index (χ1) is 18.0. The van der Waals surface area contributed by atoms with Gasteiger partial charge in [0.2, 0.25) is 5.78 Å². The summed E-state index contributed by atoms with van der Waals surface area (Å²) in [6.07, 6.45) is 1.70. The molecule has 0 radical (unpaired) electrons. The van der Waals surface area contributed by atoms with Gasteiger partial charge in [0, 0.05) is 11.5 Å². The highest BCUT2D eigenvalue weighted by Gasteiger charge is 2.63. The average Bonchev–Trinajstić information content (AvgIpc) is 2.86. The zero-order valence-electron chi connectivity index (χ0n) is 21.1. The molecule has 5 rings (SSSR count). The minimum Gasteiger partial charge on any atom is -0.510 e. The number of rotatable bonds is 5. The topological polar surface area (TPSA) is 161 Å². The Balaban J connectivity index is 1.62. The van der Waals surface area contributed by atoms with E-state index in [1.807, 2.05) is 30.3 Å². The van der Waals surface area contributed by atoms with Crippen LogP contribution in [0.25, 0.3) is 0 Å². The Labute approximate surface area is 219 Å². The van der Waals surface area contributed by atoms with E-state index in [4.69, 9.17) is 5.73 Å². The lowest BCUT2D eigenvalue weighted by molar-refractivity contribution is -0.148. The number of benzene rings is 2. The zero-order valence-corrected chi connectivity index (χ0v) is 21.1. The molecule has 0 fully saturated rings. The smallest absolute Gasteiger partial charge is 0.255 e. The van der Waals surface area contributed by atoms with Crippen LogP contribution in [-0.4, -0.2) is 68.5 Å². The monoisotopic (exact) mass is 518 g/mol. The average molecular weight is 519 g/mol. The molecule has 6 N–H and O–H groups in total. The molecule has 3 aliphatic rings. The van der Waals surface area contributed by atoms with Gasteiger partial charge in [-0.1, -0.05) is 36.4 Å². The van der Waals surface area contributed by atoms with Gasteiger partial charge in [-0.2, -0.15) is 0 Å². The Morgan fingerprint density at radius 2 is 1.74 bits per heavy atom. The van der Waals surface area contributed by atoms with Gasteiger partial charge in [0.25, 0.3) is 5.91 Å². The van der Waals surface area contributed by atoms with Crippen LogP contribution >= 0.6 is 0 Å². The third kappa shape index (κ3) is 3.65. The van der Waals surface area contributed by atoms with Crippen LogP contribution < -0.4 is 5.73 Å². The van der Waals surface area contributed by atoms with E-state index in [1.165, 1.54) is 11.0 Å². The molecule has 0 aliphatic heterocycles.